The van der Waals surface area contributed by atoms with Crippen molar-refractivity contribution in [3.8, 4) is 61.3 Å². The molecule has 11 aromatic rings. The number of fused-ring (bicyclic) bond motifs is 9. The second kappa shape index (κ2) is 15.2. The molecule has 0 N–H and O–H groups in total. The number of nitrogens with zero attached hydrogens (tertiary/aromatic N) is 2. The predicted molar refractivity (Wildman–Crippen MR) is 287 cm³/mol. The van der Waals surface area contributed by atoms with Gasteiger partial charge >= 0.3 is 0 Å². The molecule has 0 aliphatic heterocycles. The van der Waals surface area contributed by atoms with E-state index in [-0.39, 0.29) is 10.8 Å². The van der Waals surface area contributed by atoms with Crippen LogP contribution in [0.25, 0.3) is 83.1 Å². The zero-order valence-corrected chi connectivity index (χ0v) is 38.8. The van der Waals surface area contributed by atoms with Crippen LogP contribution < -0.4 is 4.90 Å². The second-order valence-corrected chi connectivity index (χ2v) is 19.7. The third-order valence-corrected chi connectivity index (χ3v) is 15.2. The van der Waals surface area contributed by atoms with E-state index in [1.54, 1.807) is 0 Å². The van der Waals surface area contributed by atoms with Crippen molar-refractivity contribution in [1.29, 1.82) is 0 Å². The Kier molecular flexibility index (Phi) is 8.95. The summed E-state index contributed by atoms with van der Waals surface area (Å²) in [6.07, 6.45) is 0. The summed E-state index contributed by atoms with van der Waals surface area (Å²) in [5, 5.41) is 2.51. The minimum atomic E-state index is -0.138. The van der Waals surface area contributed by atoms with Crippen molar-refractivity contribution in [2.45, 2.75) is 38.5 Å². The Labute approximate surface area is 399 Å². The van der Waals surface area contributed by atoms with E-state index >= 15 is 0 Å². The third-order valence-electron chi connectivity index (χ3n) is 15.2. The van der Waals surface area contributed by atoms with Gasteiger partial charge in [0.2, 0.25) is 0 Å². The molecule has 10 aromatic carbocycles. The SMILES string of the molecule is CC1(C)c2ccccc2-c2cc(N(c3ccc(-c4ccccc4)cc3)c3ccccc3-c3cccc(-c4ccc5c(c4)c4ccccc4n5-c4cccc5c4C(C)(C)c4ccccc4-5)c3)ccc21. The van der Waals surface area contributed by atoms with E-state index in [0.29, 0.717) is 0 Å². The first kappa shape index (κ1) is 40.1. The molecule has 2 aliphatic rings. The summed E-state index contributed by atoms with van der Waals surface area (Å²) in [6.45, 7) is 9.46. The fourth-order valence-corrected chi connectivity index (χ4v) is 11.9. The van der Waals surface area contributed by atoms with Crippen LogP contribution in [0.2, 0.25) is 0 Å². The van der Waals surface area contributed by atoms with Crippen LogP contribution in [-0.2, 0) is 10.8 Å². The van der Waals surface area contributed by atoms with E-state index in [1.807, 2.05) is 0 Å². The standard InChI is InChI=1S/C66H50N2/c1-65(2)57-27-12-9-24-52(57)55-42-49(37-38-59(55)65)67(48-35-32-44(33-36-48)43-18-6-5-7-19-43)60-29-14-10-22-50(60)47-21-16-20-45(40-47)46-34-39-62-56(41-46)53-25-11-15-30-61(53)68(62)63-31-17-26-54-51-23-8-13-28-58(51)66(3,4)64(54)63/h5-42H,1-4H3. The lowest BCUT2D eigenvalue weighted by Gasteiger charge is -2.29. The molecule has 1 aromatic heterocycles. The zero-order valence-electron chi connectivity index (χ0n) is 38.8. The fraction of sp³-hybridized carbons (Fsp3) is 0.0909. The highest BCUT2D eigenvalue weighted by atomic mass is 15.1. The van der Waals surface area contributed by atoms with Crippen LogP contribution in [0.15, 0.2) is 231 Å². The highest BCUT2D eigenvalue weighted by Gasteiger charge is 2.38. The van der Waals surface area contributed by atoms with Crippen LogP contribution in [0.3, 0.4) is 0 Å². The number of para-hydroxylation sites is 2. The second-order valence-electron chi connectivity index (χ2n) is 19.7. The van der Waals surface area contributed by atoms with Crippen molar-refractivity contribution in [3.05, 3.63) is 253 Å². The van der Waals surface area contributed by atoms with Gasteiger partial charge in [-0.3, -0.25) is 0 Å². The van der Waals surface area contributed by atoms with E-state index in [2.05, 4.69) is 268 Å². The van der Waals surface area contributed by atoms with Gasteiger partial charge in [-0.05, 0) is 133 Å². The summed E-state index contributed by atoms with van der Waals surface area (Å²) in [6, 6.07) is 85.5. The molecule has 2 aliphatic carbocycles. The maximum atomic E-state index is 2.51. The quantitative estimate of drug-likeness (QED) is 0.155. The summed E-state index contributed by atoms with van der Waals surface area (Å²) < 4.78 is 2.51. The van der Waals surface area contributed by atoms with Gasteiger partial charge in [-0.2, -0.15) is 0 Å². The highest BCUT2D eigenvalue weighted by molar-refractivity contribution is 6.11. The lowest BCUT2D eigenvalue weighted by atomic mass is 9.81. The zero-order chi connectivity index (χ0) is 45.7. The number of aromatic nitrogens is 1. The van der Waals surface area contributed by atoms with E-state index in [0.717, 1.165) is 17.1 Å². The third kappa shape index (κ3) is 6.03. The first-order valence-corrected chi connectivity index (χ1v) is 23.9. The van der Waals surface area contributed by atoms with Crippen LogP contribution in [0.5, 0.6) is 0 Å². The molecule has 13 rings (SSSR count). The molecule has 0 radical (unpaired) electrons. The Morgan fingerprint density at radius 1 is 0.324 bits per heavy atom. The van der Waals surface area contributed by atoms with E-state index in [4.69, 9.17) is 0 Å². The monoisotopic (exact) mass is 870 g/mol. The molecule has 0 unspecified atom stereocenters. The van der Waals surface area contributed by atoms with E-state index in [1.165, 1.54) is 105 Å². The van der Waals surface area contributed by atoms with Gasteiger partial charge in [-0.1, -0.05) is 198 Å². The molecule has 0 saturated heterocycles. The molecular weight excluding hydrogens is 821 g/mol. The van der Waals surface area contributed by atoms with Crippen LogP contribution >= 0.6 is 0 Å². The Morgan fingerprint density at radius 2 is 0.868 bits per heavy atom. The summed E-state index contributed by atoms with van der Waals surface area (Å²) >= 11 is 0. The highest BCUT2D eigenvalue weighted by Crippen LogP contribution is 2.53. The molecule has 324 valence electrons. The number of rotatable bonds is 7. The lowest BCUT2D eigenvalue weighted by molar-refractivity contribution is 0.656. The Hall–Kier alpha value is -8.20. The van der Waals surface area contributed by atoms with Gasteiger partial charge in [-0.15, -0.1) is 0 Å². The topological polar surface area (TPSA) is 8.17 Å². The van der Waals surface area contributed by atoms with Crippen LogP contribution in [0.4, 0.5) is 17.1 Å². The van der Waals surface area contributed by atoms with Crippen molar-refractivity contribution in [2.24, 2.45) is 0 Å². The van der Waals surface area contributed by atoms with Gasteiger partial charge in [0.15, 0.2) is 0 Å². The predicted octanol–water partition coefficient (Wildman–Crippen LogP) is 17.9. The fourth-order valence-electron chi connectivity index (χ4n) is 11.9. The van der Waals surface area contributed by atoms with Crippen molar-refractivity contribution < 1.29 is 0 Å². The van der Waals surface area contributed by atoms with Gasteiger partial charge in [0, 0.05) is 38.5 Å². The minimum absolute atomic E-state index is 0.0754. The van der Waals surface area contributed by atoms with Crippen LogP contribution in [0, 0.1) is 0 Å². The van der Waals surface area contributed by atoms with Gasteiger partial charge in [0.1, 0.15) is 0 Å². The van der Waals surface area contributed by atoms with Gasteiger partial charge in [-0.25, -0.2) is 0 Å². The molecule has 0 saturated carbocycles. The van der Waals surface area contributed by atoms with Crippen molar-refractivity contribution in [1.82, 2.24) is 4.57 Å². The molecule has 2 heteroatoms. The Bertz CT molecular complexity index is 3790. The number of hydrogen-bond donors (Lipinski definition) is 0. The molecule has 0 amide bonds. The summed E-state index contributed by atoms with van der Waals surface area (Å²) in [7, 11) is 0. The Morgan fingerprint density at radius 3 is 1.68 bits per heavy atom. The maximum Gasteiger partial charge on any atom is 0.0541 e. The largest absolute Gasteiger partial charge is 0.310 e. The average Bonchev–Trinajstić information content (AvgIpc) is 3.93. The summed E-state index contributed by atoms with van der Waals surface area (Å²) in [5.74, 6) is 0. The van der Waals surface area contributed by atoms with E-state index < -0.39 is 0 Å². The summed E-state index contributed by atoms with van der Waals surface area (Å²) in [5.41, 5.74) is 24.8. The molecule has 1 heterocycles. The molecule has 0 bridgehead atoms. The average molecular weight is 871 g/mol. The number of anilines is 3. The Balaban J connectivity index is 0.939. The minimum Gasteiger partial charge on any atom is -0.310 e. The summed E-state index contributed by atoms with van der Waals surface area (Å²) in [4.78, 5) is 2.45. The number of benzene rings is 10. The molecule has 0 spiro atoms. The van der Waals surface area contributed by atoms with E-state index in [9.17, 15) is 0 Å². The molecule has 0 atom stereocenters. The van der Waals surface area contributed by atoms with Crippen LogP contribution in [-0.4, -0.2) is 4.57 Å². The molecule has 0 fully saturated rings. The smallest absolute Gasteiger partial charge is 0.0541 e. The van der Waals surface area contributed by atoms with Crippen molar-refractivity contribution in [3.63, 3.8) is 0 Å². The normalized spacial score (nSPS) is 13.8. The maximum absolute atomic E-state index is 2.51. The molecule has 2 nitrogen and oxygen atoms in total. The van der Waals surface area contributed by atoms with Gasteiger partial charge in [0.25, 0.3) is 0 Å². The van der Waals surface area contributed by atoms with Crippen molar-refractivity contribution >= 4 is 38.9 Å². The molecular formula is C66H50N2. The molecule has 68 heavy (non-hydrogen) atoms. The van der Waals surface area contributed by atoms with Gasteiger partial charge < -0.3 is 9.47 Å². The number of hydrogen-bond acceptors (Lipinski definition) is 1. The first-order chi connectivity index (χ1) is 33.3. The van der Waals surface area contributed by atoms with Crippen molar-refractivity contribution in [2.75, 3.05) is 4.90 Å². The lowest BCUT2D eigenvalue weighted by Crippen LogP contribution is -2.17. The van der Waals surface area contributed by atoms with Crippen LogP contribution in [0.1, 0.15) is 49.9 Å². The van der Waals surface area contributed by atoms with Gasteiger partial charge in [0.05, 0.1) is 22.4 Å². The first-order valence-electron chi connectivity index (χ1n) is 23.9.